The Labute approximate surface area is 204 Å². The molecule has 0 atom stereocenters. The van der Waals surface area contributed by atoms with E-state index in [1.165, 1.54) is 11.3 Å². The molecule has 3 rings (SSSR count). The van der Waals surface area contributed by atoms with Gasteiger partial charge in [0.25, 0.3) is 5.91 Å². The van der Waals surface area contributed by atoms with Crippen molar-refractivity contribution in [3.8, 4) is 22.8 Å². The van der Waals surface area contributed by atoms with E-state index in [1.807, 2.05) is 35.7 Å². The topological polar surface area (TPSA) is 54.9 Å². The minimum absolute atomic E-state index is 0.154. The molecule has 2 aromatic carbocycles. The van der Waals surface area contributed by atoms with Crippen LogP contribution in [0.15, 0.2) is 47.8 Å². The standard InChI is InChI=1S/C25H30ClN3O3S/c1-5-28(6-2)14-9-15-29(24(30)19-10-7-8-11-21(19)26)25-27-22(17-33-25)20-16-18(31-3)12-13-23(20)32-4/h7-8,10-13,16-17H,5-6,9,14-15H2,1-4H3. The highest BCUT2D eigenvalue weighted by Gasteiger charge is 2.23. The average molecular weight is 488 g/mol. The molecule has 0 bridgehead atoms. The summed E-state index contributed by atoms with van der Waals surface area (Å²) in [5.74, 6) is 1.25. The van der Waals surface area contributed by atoms with Crippen LogP contribution in [0.1, 0.15) is 30.6 Å². The molecule has 8 heteroatoms. The molecule has 0 aliphatic heterocycles. The first-order valence-electron chi connectivity index (χ1n) is 11.0. The van der Waals surface area contributed by atoms with Gasteiger partial charge in [0.15, 0.2) is 5.13 Å². The van der Waals surface area contributed by atoms with Crippen LogP contribution in [0.5, 0.6) is 11.5 Å². The van der Waals surface area contributed by atoms with Crippen LogP contribution in [0.4, 0.5) is 5.13 Å². The lowest BCUT2D eigenvalue weighted by Gasteiger charge is -2.23. The largest absolute Gasteiger partial charge is 0.497 e. The first-order valence-corrected chi connectivity index (χ1v) is 12.2. The number of aromatic nitrogens is 1. The molecular weight excluding hydrogens is 458 g/mol. The molecular formula is C25H30ClN3O3S. The van der Waals surface area contributed by atoms with Crippen molar-refractivity contribution in [2.24, 2.45) is 0 Å². The third kappa shape index (κ3) is 6.05. The molecule has 0 N–H and O–H groups in total. The van der Waals surface area contributed by atoms with Gasteiger partial charge in [-0.25, -0.2) is 4.98 Å². The molecule has 176 valence electrons. The van der Waals surface area contributed by atoms with Crippen LogP contribution >= 0.6 is 22.9 Å². The third-order valence-electron chi connectivity index (χ3n) is 5.51. The summed E-state index contributed by atoms with van der Waals surface area (Å²) >= 11 is 7.78. The maximum atomic E-state index is 13.5. The summed E-state index contributed by atoms with van der Waals surface area (Å²) in [5, 5.41) is 2.99. The Bertz CT molecular complexity index is 1070. The van der Waals surface area contributed by atoms with Crippen molar-refractivity contribution in [3.05, 3.63) is 58.4 Å². The van der Waals surface area contributed by atoms with Crippen LogP contribution in [0.25, 0.3) is 11.3 Å². The highest BCUT2D eigenvalue weighted by Crippen LogP contribution is 2.36. The van der Waals surface area contributed by atoms with Crippen LogP contribution in [-0.2, 0) is 0 Å². The highest BCUT2D eigenvalue weighted by atomic mass is 35.5. The smallest absolute Gasteiger partial charge is 0.261 e. The first kappa shape index (κ1) is 25.0. The number of halogens is 1. The number of hydrogen-bond acceptors (Lipinski definition) is 6. The van der Waals surface area contributed by atoms with E-state index >= 15 is 0 Å². The predicted octanol–water partition coefficient (Wildman–Crippen LogP) is 5.86. The van der Waals surface area contributed by atoms with E-state index in [-0.39, 0.29) is 5.91 Å². The molecule has 0 saturated heterocycles. The lowest BCUT2D eigenvalue weighted by molar-refractivity contribution is 0.0986. The van der Waals surface area contributed by atoms with Crippen molar-refractivity contribution in [1.82, 2.24) is 9.88 Å². The van der Waals surface area contributed by atoms with Gasteiger partial charge in [-0.15, -0.1) is 11.3 Å². The maximum absolute atomic E-state index is 13.5. The number of carbonyl (C=O) groups excluding carboxylic acids is 1. The van der Waals surface area contributed by atoms with Crippen LogP contribution < -0.4 is 14.4 Å². The van der Waals surface area contributed by atoms with Gasteiger partial charge in [0.2, 0.25) is 0 Å². The van der Waals surface area contributed by atoms with Crippen LogP contribution in [0, 0.1) is 0 Å². The molecule has 1 heterocycles. The molecule has 0 fully saturated rings. The molecule has 3 aromatic rings. The maximum Gasteiger partial charge on any atom is 0.261 e. The lowest BCUT2D eigenvalue weighted by Crippen LogP contribution is -2.34. The quantitative estimate of drug-likeness (QED) is 0.339. The van der Waals surface area contributed by atoms with Crippen molar-refractivity contribution >= 4 is 34.0 Å². The van der Waals surface area contributed by atoms with Crippen molar-refractivity contribution in [3.63, 3.8) is 0 Å². The predicted molar refractivity (Wildman–Crippen MR) is 136 cm³/mol. The summed E-state index contributed by atoms with van der Waals surface area (Å²) in [5.41, 5.74) is 2.01. The lowest BCUT2D eigenvalue weighted by atomic mass is 10.1. The van der Waals surface area contributed by atoms with Crippen molar-refractivity contribution in [2.45, 2.75) is 20.3 Å². The molecule has 0 unspecified atom stereocenters. The van der Waals surface area contributed by atoms with Gasteiger partial charge in [0, 0.05) is 17.5 Å². The van der Waals surface area contributed by atoms with Gasteiger partial charge >= 0.3 is 0 Å². The van der Waals surface area contributed by atoms with E-state index < -0.39 is 0 Å². The third-order valence-corrected chi connectivity index (χ3v) is 6.70. The molecule has 6 nitrogen and oxygen atoms in total. The number of hydrogen-bond donors (Lipinski definition) is 0. The number of nitrogens with zero attached hydrogens (tertiary/aromatic N) is 3. The van der Waals surface area contributed by atoms with Crippen LogP contribution in [-0.4, -0.2) is 56.2 Å². The van der Waals surface area contributed by atoms with Crippen molar-refractivity contribution in [1.29, 1.82) is 0 Å². The molecule has 33 heavy (non-hydrogen) atoms. The summed E-state index contributed by atoms with van der Waals surface area (Å²) < 4.78 is 10.9. The number of anilines is 1. The molecule has 0 aliphatic rings. The van der Waals surface area contributed by atoms with Gasteiger partial charge in [0.05, 0.1) is 30.5 Å². The zero-order valence-corrected chi connectivity index (χ0v) is 21.1. The number of methoxy groups -OCH3 is 2. The number of benzene rings is 2. The Morgan fingerprint density at radius 1 is 1.06 bits per heavy atom. The van der Waals surface area contributed by atoms with Crippen LogP contribution in [0.3, 0.4) is 0 Å². The van der Waals surface area contributed by atoms with Gasteiger partial charge in [-0.3, -0.25) is 9.69 Å². The zero-order chi connectivity index (χ0) is 23.8. The SMILES string of the molecule is CCN(CC)CCCN(C(=O)c1ccccc1Cl)c1nc(-c2cc(OC)ccc2OC)cs1. The van der Waals surface area contributed by atoms with Gasteiger partial charge in [-0.05, 0) is 56.4 Å². The normalized spacial score (nSPS) is 11.0. The molecule has 0 aliphatic carbocycles. The second-order valence-corrected chi connectivity index (χ2v) is 8.64. The van der Waals surface area contributed by atoms with Gasteiger partial charge in [-0.2, -0.15) is 0 Å². The number of rotatable bonds is 11. The Kier molecular flexibility index (Phi) is 9.11. The van der Waals surface area contributed by atoms with Crippen molar-refractivity contribution in [2.75, 3.05) is 45.3 Å². The summed E-state index contributed by atoms with van der Waals surface area (Å²) in [4.78, 5) is 22.4. The number of carbonyl (C=O) groups is 1. The Morgan fingerprint density at radius 3 is 2.48 bits per heavy atom. The second-order valence-electron chi connectivity index (χ2n) is 7.40. The van der Waals surface area contributed by atoms with E-state index in [0.717, 1.165) is 37.3 Å². The summed E-state index contributed by atoms with van der Waals surface area (Å²) in [7, 11) is 3.25. The summed E-state index contributed by atoms with van der Waals surface area (Å²) in [6.07, 6.45) is 0.829. The fourth-order valence-electron chi connectivity index (χ4n) is 3.58. The van der Waals surface area contributed by atoms with Crippen molar-refractivity contribution < 1.29 is 14.3 Å². The molecule has 1 amide bonds. The Balaban J connectivity index is 1.93. The van der Waals surface area contributed by atoms with E-state index in [0.29, 0.717) is 33.8 Å². The minimum atomic E-state index is -0.154. The molecule has 0 radical (unpaired) electrons. The van der Waals surface area contributed by atoms with Crippen LogP contribution in [0.2, 0.25) is 5.02 Å². The monoisotopic (exact) mass is 487 g/mol. The number of amides is 1. The van der Waals surface area contributed by atoms with Gasteiger partial charge < -0.3 is 14.4 Å². The number of thiazole rings is 1. The molecule has 0 spiro atoms. The Hall–Kier alpha value is -2.61. The fourth-order valence-corrected chi connectivity index (χ4v) is 4.65. The molecule has 0 saturated carbocycles. The zero-order valence-electron chi connectivity index (χ0n) is 19.5. The van der Waals surface area contributed by atoms with E-state index in [1.54, 1.807) is 31.3 Å². The van der Waals surface area contributed by atoms with E-state index in [9.17, 15) is 4.79 Å². The first-order chi connectivity index (χ1) is 16.0. The summed E-state index contributed by atoms with van der Waals surface area (Å²) in [6.45, 7) is 7.69. The van der Waals surface area contributed by atoms with Gasteiger partial charge in [0.1, 0.15) is 11.5 Å². The van der Waals surface area contributed by atoms with E-state index in [4.69, 9.17) is 26.1 Å². The minimum Gasteiger partial charge on any atom is -0.497 e. The fraction of sp³-hybridized carbons (Fsp3) is 0.360. The molecule has 1 aromatic heterocycles. The van der Waals surface area contributed by atoms with E-state index in [2.05, 4.69) is 18.7 Å². The summed E-state index contributed by atoms with van der Waals surface area (Å²) in [6, 6.07) is 12.7. The average Bonchev–Trinajstić information content (AvgIpc) is 3.33. The second kappa shape index (κ2) is 12.0. The number of ether oxygens (including phenoxy) is 2. The van der Waals surface area contributed by atoms with Gasteiger partial charge in [-0.1, -0.05) is 37.6 Å². The highest BCUT2D eigenvalue weighted by molar-refractivity contribution is 7.14. The Morgan fingerprint density at radius 2 is 1.82 bits per heavy atom.